The van der Waals surface area contributed by atoms with Gasteiger partial charge in [0.05, 0.1) is 6.61 Å². The summed E-state index contributed by atoms with van der Waals surface area (Å²) < 4.78 is 6.84. The zero-order chi connectivity index (χ0) is 21.1. The molecule has 0 saturated carbocycles. The molecule has 0 amide bonds. The van der Waals surface area contributed by atoms with Gasteiger partial charge in [0.1, 0.15) is 20.3 Å². The second-order valence-electron chi connectivity index (χ2n) is 7.26. The minimum Gasteiger partial charge on any atom is -0.392 e. The number of H-pyrrole nitrogens is 1. The summed E-state index contributed by atoms with van der Waals surface area (Å²) in [7, 11) is -1.90. The molecule has 1 aliphatic rings. The largest absolute Gasteiger partial charge is 0.392 e. The number of aliphatic hydroxyl groups is 3. The van der Waals surface area contributed by atoms with Gasteiger partial charge in [0.2, 0.25) is 0 Å². The summed E-state index contributed by atoms with van der Waals surface area (Å²) in [4.78, 5) is 26.2. The third-order valence-electron chi connectivity index (χ3n) is 5.93. The Labute approximate surface area is 165 Å². The van der Waals surface area contributed by atoms with Crippen LogP contribution in [0, 0.1) is 11.5 Å². The van der Waals surface area contributed by atoms with Crippen molar-refractivity contribution in [1.82, 2.24) is 9.55 Å². The Kier molecular flexibility index (Phi) is 7.06. The van der Waals surface area contributed by atoms with Gasteiger partial charge in [-0.3, -0.25) is 14.3 Å². The summed E-state index contributed by atoms with van der Waals surface area (Å²) in [5.74, 6) is 2.92. The summed E-state index contributed by atoms with van der Waals surface area (Å²) in [5, 5.41) is 31.1. The third kappa shape index (κ3) is 3.88. The first-order valence-corrected chi connectivity index (χ1v) is 12.4. The van der Waals surface area contributed by atoms with Crippen molar-refractivity contribution >= 4 is 8.07 Å². The number of aromatic nitrogens is 2. The fourth-order valence-corrected chi connectivity index (χ4v) is 6.01. The Morgan fingerprint density at radius 3 is 2.32 bits per heavy atom. The van der Waals surface area contributed by atoms with E-state index in [0.29, 0.717) is 12.0 Å². The van der Waals surface area contributed by atoms with E-state index < -0.39 is 50.0 Å². The van der Waals surface area contributed by atoms with Crippen molar-refractivity contribution in [2.45, 2.75) is 76.3 Å². The lowest BCUT2D eigenvalue weighted by atomic mass is 9.97. The second kappa shape index (κ2) is 8.76. The molecule has 28 heavy (non-hydrogen) atoms. The minimum atomic E-state index is -1.90. The van der Waals surface area contributed by atoms with Crippen molar-refractivity contribution in [3.05, 3.63) is 32.6 Å². The molecule has 0 bridgehead atoms. The SMILES string of the molecule is CCc1cn([C@@H]2O[C@](C#C[Si](CC)(CC)CC)(CO)[C@@H](O)[C@H]2O)c(=O)[nH]c1=O. The molecule has 0 aromatic carbocycles. The molecule has 1 saturated heterocycles. The predicted octanol–water partition coefficient (Wildman–Crippen LogP) is 0.132. The molecule has 0 unspecified atom stereocenters. The van der Waals surface area contributed by atoms with Crippen LogP contribution < -0.4 is 11.2 Å². The van der Waals surface area contributed by atoms with Crippen LogP contribution in [0.5, 0.6) is 0 Å². The van der Waals surface area contributed by atoms with Crippen LogP contribution in [0.15, 0.2) is 15.8 Å². The maximum atomic E-state index is 12.2. The Balaban J connectivity index is 2.51. The molecule has 1 aromatic rings. The smallest absolute Gasteiger partial charge is 0.330 e. The van der Waals surface area contributed by atoms with Crippen LogP contribution in [0.1, 0.15) is 39.5 Å². The summed E-state index contributed by atoms with van der Waals surface area (Å²) in [6.45, 7) is 7.36. The average Bonchev–Trinajstić information content (AvgIpc) is 2.95. The molecule has 2 rings (SSSR count). The van der Waals surface area contributed by atoms with Gasteiger partial charge in [0, 0.05) is 11.8 Å². The molecule has 0 aliphatic carbocycles. The number of ether oxygens (including phenoxy) is 1. The van der Waals surface area contributed by atoms with E-state index in [1.165, 1.54) is 6.20 Å². The highest BCUT2D eigenvalue weighted by Crippen LogP contribution is 2.36. The van der Waals surface area contributed by atoms with Gasteiger partial charge in [-0.2, -0.15) is 0 Å². The highest BCUT2D eigenvalue weighted by Gasteiger charge is 2.54. The first-order chi connectivity index (χ1) is 13.2. The van der Waals surface area contributed by atoms with Gasteiger partial charge >= 0.3 is 5.69 Å². The van der Waals surface area contributed by atoms with Crippen LogP contribution in [0.4, 0.5) is 0 Å². The van der Waals surface area contributed by atoms with E-state index in [2.05, 4.69) is 37.2 Å². The zero-order valence-electron chi connectivity index (χ0n) is 16.9. The molecule has 0 spiro atoms. The predicted molar refractivity (Wildman–Crippen MR) is 108 cm³/mol. The lowest BCUT2D eigenvalue weighted by molar-refractivity contribution is -0.0937. The average molecular weight is 411 g/mol. The lowest BCUT2D eigenvalue weighted by Gasteiger charge is -2.26. The Bertz CT molecular complexity index is 857. The van der Waals surface area contributed by atoms with E-state index in [-0.39, 0.29) is 0 Å². The topological polar surface area (TPSA) is 125 Å². The molecule has 0 radical (unpaired) electrons. The number of hydrogen-bond acceptors (Lipinski definition) is 6. The van der Waals surface area contributed by atoms with Gasteiger partial charge in [0.15, 0.2) is 11.8 Å². The van der Waals surface area contributed by atoms with Gasteiger partial charge < -0.3 is 20.1 Å². The quantitative estimate of drug-likeness (QED) is 0.390. The Morgan fingerprint density at radius 1 is 1.21 bits per heavy atom. The molecule has 9 heteroatoms. The molecule has 1 fully saturated rings. The Hall–Kier alpha value is -1.70. The lowest BCUT2D eigenvalue weighted by Crippen LogP contribution is -2.46. The summed E-state index contributed by atoms with van der Waals surface area (Å²) in [6, 6.07) is 2.78. The van der Waals surface area contributed by atoms with E-state index in [0.717, 1.165) is 22.7 Å². The van der Waals surface area contributed by atoms with Crippen LogP contribution in [0.25, 0.3) is 0 Å². The van der Waals surface area contributed by atoms with Crippen LogP contribution in [-0.2, 0) is 11.2 Å². The summed E-state index contributed by atoms with van der Waals surface area (Å²) >= 11 is 0. The molecule has 4 atom stereocenters. The number of aliphatic hydroxyl groups excluding tert-OH is 3. The number of nitrogens with one attached hydrogen (secondary N) is 1. The minimum absolute atomic E-state index is 0.340. The van der Waals surface area contributed by atoms with E-state index in [4.69, 9.17) is 4.74 Å². The zero-order valence-corrected chi connectivity index (χ0v) is 17.9. The van der Waals surface area contributed by atoms with Gasteiger partial charge in [-0.1, -0.05) is 33.6 Å². The molecule has 8 nitrogen and oxygen atoms in total. The van der Waals surface area contributed by atoms with Crippen LogP contribution in [0.2, 0.25) is 18.1 Å². The van der Waals surface area contributed by atoms with Crippen molar-refractivity contribution < 1.29 is 20.1 Å². The van der Waals surface area contributed by atoms with Gasteiger partial charge in [0.25, 0.3) is 5.56 Å². The van der Waals surface area contributed by atoms with Crippen LogP contribution in [-0.4, -0.2) is 57.4 Å². The van der Waals surface area contributed by atoms with E-state index in [1.54, 1.807) is 6.92 Å². The third-order valence-corrected chi connectivity index (χ3v) is 10.6. The fourth-order valence-electron chi connectivity index (χ4n) is 3.50. The van der Waals surface area contributed by atoms with Gasteiger partial charge in [-0.05, 0) is 24.6 Å². The molecule has 156 valence electrons. The fraction of sp³-hybridized carbons (Fsp3) is 0.684. The highest BCUT2D eigenvalue weighted by molar-refractivity contribution is 6.87. The molecule has 2 heterocycles. The summed E-state index contributed by atoms with van der Waals surface area (Å²) in [5.41, 5.74) is 0.653. The van der Waals surface area contributed by atoms with Gasteiger partial charge in [-0.25, -0.2) is 4.79 Å². The second-order valence-corrected chi connectivity index (χ2v) is 12.2. The maximum absolute atomic E-state index is 12.2. The van der Waals surface area contributed by atoms with E-state index >= 15 is 0 Å². The number of aromatic amines is 1. The first kappa shape index (κ1) is 22.6. The Morgan fingerprint density at radius 2 is 1.82 bits per heavy atom. The highest BCUT2D eigenvalue weighted by atomic mass is 28.3. The monoisotopic (exact) mass is 410 g/mol. The number of aryl methyl sites for hydroxylation is 1. The first-order valence-electron chi connectivity index (χ1n) is 9.76. The van der Waals surface area contributed by atoms with E-state index in [9.17, 15) is 24.9 Å². The van der Waals surface area contributed by atoms with Gasteiger partial charge in [-0.15, -0.1) is 5.54 Å². The van der Waals surface area contributed by atoms with Crippen LogP contribution in [0.3, 0.4) is 0 Å². The van der Waals surface area contributed by atoms with Crippen LogP contribution >= 0.6 is 0 Å². The van der Waals surface area contributed by atoms with Crippen molar-refractivity contribution in [1.29, 1.82) is 0 Å². The standard InChI is InChI=1S/C19H30N2O6Si/c1-5-13-11-21(18(26)20-16(13)25)17-14(23)15(24)19(12-22,27-17)9-10-28(6-2,7-3)8-4/h11,14-15,17,22-24H,5-8,12H2,1-4H3,(H,20,25,26)/t14-,15+,17-,19-/m1/s1. The van der Waals surface area contributed by atoms with Crippen molar-refractivity contribution in [2.75, 3.05) is 6.61 Å². The number of hydrogen-bond donors (Lipinski definition) is 4. The number of rotatable bonds is 6. The molecular formula is C19H30N2O6Si. The maximum Gasteiger partial charge on any atom is 0.330 e. The van der Waals surface area contributed by atoms with Crippen molar-refractivity contribution in [3.8, 4) is 11.5 Å². The van der Waals surface area contributed by atoms with Crippen molar-refractivity contribution in [3.63, 3.8) is 0 Å². The summed E-state index contributed by atoms with van der Waals surface area (Å²) in [6.07, 6.45) is -2.58. The van der Waals surface area contributed by atoms with Crippen molar-refractivity contribution in [2.24, 2.45) is 0 Å². The van der Waals surface area contributed by atoms with E-state index in [1.807, 2.05) is 0 Å². The number of nitrogens with zero attached hydrogens (tertiary/aromatic N) is 1. The normalized spacial score (nSPS) is 27.5. The molecule has 1 aliphatic heterocycles. The molecule has 4 N–H and O–H groups in total. The molecular weight excluding hydrogens is 380 g/mol. The molecule has 1 aromatic heterocycles.